The molecule has 0 radical (unpaired) electrons. The highest BCUT2D eigenvalue weighted by Crippen LogP contribution is 2.23. The molecule has 1 atom stereocenters. The van der Waals surface area contributed by atoms with E-state index in [1.807, 2.05) is 42.5 Å². The molecule has 1 aliphatic rings. The number of benzene rings is 3. The lowest BCUT2D eigenvalue weighted by Crippen LogP contribution is -2.36. The fraction of sp³-hybridized carbons (Fsp3) is 0.310. The molecule has 3 aromatic rings. The minimum absolute atomic E-state index is 0.0256. The first-order chi connectivity index (χ1) is 18.7. The molecule has 0 bridgehead atoms. The lowest BCUT2D eigenvalue weighted by atomic mass is 9.98. The maximum atomic E-state index is 12.7. The highest BCUT2D eigenvalue weighted by atomic mass is 35.5. The summed E-state index contributed by atoms with van der Waals surface area (Å²) in [5, 5.41) is 0.312. The maximum Gasteiger partial charge on any atom is 0.410 e. The smallest absolute Gasteiger partial charge is 0.410 e. The summed E-state index contributed by atoms with van der Waals surface area (Å²) in [6.45, 7) is 3.76. The Kier molecular flexibility index (Phi) is 9.61. The summed E-state index contributed by atoms with van der Waals surface area (Å²) < 4.78 is 38.7. The predicted molar refractivity (Wildman–Crippen MR) is 148 cm³/mol. The van der Waals surface area contributed by atoms with Crippen molar-refractivity contribution in [3.8, 4) is 0 Å². The van der Waals surface area contributed by atoms with Gasteiger partial charge in [0.2, 0.25) is 5.91 Å². The number of hydrogen-bond acceptors (Lipinski definition) is 6. The molecule has 4 rings (SSSR count). The Balaban J connectivity index is 1.30. The van der Waals surface area contributed by atoms with Crippen molar-refractivity contribution in [1.82, 2.24) is 9.62 Å². The van der Waals surface area contributed by atoms with Crippen molar-refractivity contribution in [3.63, 3.8) is 0 Å². The minimum Gasteiger partial charge on any atom is -0.445 e. The molecule has 10 heteroatoms. The topological polar surface area (TPSA) is 102 Å². The maximum absolute atomic E-state index is 12.7. The second kappa shape index (κ2) is 13.1. The second-order valence-corrected chi connectivity index (χ2v) is 11.6. The van der Waals surface area contributed by atoms with Crippen LogP contribution in [-0.4, -0.2) is 51.6 Å². The van der Waals surface area contributed by atoms with Crippen LogP contribution in [0.4, 0.5) is 4.79 Å². The summed E-state index contributed by atoms with van der Waals surface area (Å²) in [6, 6.07) is 21.5. The number of sulfonamides is 1. The van der Waals surface area contributed by atoms with Gasteiger partial charge in [-0.2, -0.15) is 0 Å². The molecule has 1 aliphatic heterocycles. The molecule has 0 saturated carbocycles. The van der Waals surface area contributed by atoms with E-state index in [0.717, 1.165) is 11.1 Å². The number of amides is 2. The zero-order chi connectivity index (χ0) is 27.8. The number of carbonyl (C=O) groups excluding carboxylic acids is 2. The van der Waals surface area contributed by atoms with E-state index in [9.17, 15) is 18.0 Å². The Bertz CT molecular complexity index is 1400. The van der Waals surface area contributed by atoms with Crippen LogP contribution < -0.4 is 4.72 Å². The molecule has 1 heterocycles. The first kappa shape index (κ1) is 28.6. The molecular formula is C29H31ClN2O6S. The van der Waals surface area contributed by atoms with Crippen molar-refractivity contribution in [2.24, 2.45) is 5.92 Å². The van der Waals surface area contributed by atoms with Gasteiger partial charge in [0.25, 0.3) is 10.0 Å². The molecule has 2 amide bonds. The summed E-state index contributed by atoms with van der Waals surface area (Å²) in [5.74, 6) is -0.555. The Morgan fingerprint density at radius 2 is 1.72 bits per heavy atom. The van der Waals surface area contributed by atoms with Gasteiger partial charge in [-0.1, -0.05) is 72.3 Å². The molecule has 0 unspecified atom stereocenters. The molecule has 39 heavy (non-hydrogen) atoms. The second-order valence-electron chi connectivity index (χ2n) is 9.52. The van der Waals surface area contributed by atoms with Gasteiger partial charge in [-0.15, -0.1) is 0 Å². The average molecular weight is 571 g/mol. The van der Waals surface area contributed by atoms with Gasteiger partial charge in [0.1, 0.15) is 6.61 Å². The van der Waals surface area contributed by atoms with Gasteiger partial charge in [-0.25, -0.2) is 17.9 Å². The van der Waals surface area contributed by atoms with Crippen LogP contribution in [0.3, 0.4) is 0 Å². The van der Waals surface area contributed by atoms with Gasteiger partial charge in [-0.3, -0.25) is 4.79 Å². The molecule has 0 aromatic heterocycles. The molecular weight excluding hydrogens is 540 g/mol. The highest BCUT2D eigenvalue weighted by molar-refractivity contribution is 7.90. The van der Waals surface area contributed by atoms with Crippen LogP contribution in [0, 0.1) is 12.8 Å². The molecule has 0 aliphatic carbocycles. The molecule has 1 fully saturated rings. The average Bonchev–Trinajstić information content (AvgIpc) is 3.16. The van der Waals surface area contributed by atoms with Gasteiger partial charge in [-0.05, 0) is 47.7 Å². The van der Waals surface area contributed by atoms with Crippen molar-refractivity contribution < 1.29 is 27.5 Å². The van der Waals surface area contributed by atoms with Crippen molar-refractivity contribution >= 4 is 33.6 Å². The number of hydrogen-bond donors (Lipinski definition) is 1. The van der Waals surface area contributed by atoms with E-state index in [-0.39, 0.29) is 29.9 Å². The third kappa shape index (κ3) is 8.05. The van der Waals surface area contributed by atoms with E-state index in [2.05, 4.69) is 4.72 Å². The summed E-state index contributed by atoms with van der Waals surface area (Å²) in [5.41, 5.74) is 3.01. The van der Waals surface area contributed by atoms with Crippen LogP contribution >= 0.6 is 11.6 Å². The number of carbonyl (C=O) groups is 2. The Morgan fingerprint density at radius 3 is 2.46 bits per heavy atom. The zero-order valence-electron chi connectivity index (χ0n) is 21.6. The molecule has 8 nitrogen and oxygen atoms in total. The van der Waals surface area contributed by atoms with Crippen molar-refractivity contribution in [1.29, 1.82) is 0 Å². The number of nitrogens with one attached hydrogen (secondary N) is 1. The molecule has 1 N–H and O–H groups in total. The van der Waals surface area contributed by atoms with Gasteiger partial charge in [0.05, 0.1) is 24.5 Å². The van der Waals surface area contributed by atoms with Crippen LogP contribution in [0.1, 0.15) is 22.3 Å². The fourth-order valence-electron chi connectivity index (χ4n) is 4.41. The molecule has 1 saturated heterocycles. The first-order valence-electron chi connectivity index (χ1n) is 12.6. The van der Waals surface area contributed by atoms with Crippen LogP contribution in [-0.2, 0) is 43.7 Å². The standard InChI is InChI=1S/C29H31ClN2O6S/c1-21-26(30)8-5-9-27(21)39(35,36)31-28(33)17-23-12-10-22(11-13-23)16-25-18-32(14-15-37-19-25)29(34)38-20-24-6-3-2-4-7-24/h2-13,25H,14-20H2,1H3,(H,31,33)/t25-/m1/s1. The van der Waals surface area contributed by atoms with Crippen LogP contribution in [0.15, 0.2) is 77.7 Å². The largest absolute Gasteiger partial charge is 0.445 e. The molecule has 206 valence electrons. The van der Waals surface area contributed by atoms with E-state index in [0.29, 0.717) is 48.9 Å². The quantitative estimate of drug-likeness (QED) is 0.427. The SMILES string of the molecule is Cc1c(Cl)cccc1S(=O)(=O)NC(=O)Cc1ccc(C[C@H]2COCCN(C(=O)OCc3ccccc3)C2)cc1. The number of halogens is 1. The normalized spacial score (nSPS) is 15.8. The van der Waals surface area contributed by atoms with Crippen LogP contribution in [0.2, 0.25) is 5.02 Å². The predicted octanol–water partition coefficient (Wildman–Crippen LogP) is 4.52. The van der Waals surface area contributed by atoms with E-state index in [4.69, 9.17) is 21.1 Å². The molecule has 3 aromatic carbocycles. The van der Waals surface area contributed by atoms with Crippen LogP contribution in [0.25, 0.3) is 0 Å². The van der Waals surface area contributed by atoms with E-state index < -0.39 is 15.9 Å². The molecule has 0 spiro atoms. The van der Waals surface area contributed by atoms with Gasteiger partial charge >= 0.3 is 6.09 Å². The van der Waals surface area contributed by atoms with Gasteiger partial charge in [0, 0.05) is 24.0 Å². The Morgan fingerprint density at radius 1 is 1.00 bits per heavy atom. The third-order valence-corrected chi connectivity index (χ3v) is 8.40. The first-order valence-corrected chi connectivity index (χ1v) is 14.5. The van der Waals surface area contributed by atoms with Crippen LogP contribution in [0.5, 0.6) is 0 Å². The van der Waals surface area contributed by atoms with E-state index in [1.165, 1.54) is 12.1 Å². The van der Waals surface area contributed by atoms with Crippen molar-refractivity contribution in [2.45, 2.75) is 31.3 Å². The summed E-state index contributed by atoms with van der Waals surface area (Å²) in [7, 11) is -4.04. The number of nitrogens with zero attached hydrogens (tertiary/aromatic N) is 1. The Labute approximate surface area is 233 Å². The summed E-state index contributed by atoms with van der Waals surface area (Å²) in [6.07, 6.45) is 0.225. The zero-order valence-corrected chi connectivity index (χ0v) is 23.2. The van der Waals surface area contributed by atoms with Crippen molar-refractivity contribution in [2.75, 3.05) is 26.3 Å². The minimum atomic E-state index is -4.04. The monoisotopic (exact) mass is 570 g/mol. The number of ether oxygens (including phenoxy) is 2. The lowest BCUT2D eigenvalue weighted by molar-refractivity contribution is -0.118. The summed E-state index contributed by atoms with van der Waals surface area (Å²) >= 11 is 6.03. The highest BCUT2D eigenvalue weighted by Gasteiger charge is 2.24. The summed E-state index contributed by atoms with van der Waals surface area (Å²) in [4.78, 5) is 26.8. The van der Waals surface area contributed by atoms with E-state index in [1.54, 1.807) is 30.0 Å². The fourth-order valence-corrected chi connectivity index (χ4v) is 5.90. The van der Waals surface area contributed by atoms with Gasteiger partial charge in [0.15, 0.2) is 0 Å². The van der Waals surface area contributed by atoms with Gasteiger partial charge < -0.3 is 14.4 Å². The van der Waals surface area contributed by atoms with E-state index >= 15 is 0 Å². The lowest BCUT2D eigenvalue weighted by Gasteiger charge is -2.23. The third-order valence-electron chi connectivity index (χ3n) is 6.47. The van der Waals surface area contributed by atoms with Crippen molar-refractivity contribution in [3.05, 3.63) is 100 Å². The Hall–Kier alpha value is -3.40. The number of rotatable bonds is 8.